The standard InChI is InChI=1S/C24H27P3/c25-13-16-1-3-17(4-2-16)18-5-7-19(8-6-18)22-11-9-20(14-26)24-21(15-27)10-12-23(22)24/h1-9,11,21H,10,12-15,25-27H2. The molecule has 0 aliphatic heterocycles. The van der Waals surface area contributed by atoms with Gasteiger partial charge in [-0.3, -0.25) is 0 Å². The number of hydrogen-bond acceptors (Lipinski definition) is 0. The van der Waals surface area contributed by atoms with Gasteiger partial charge in [-0.1, -0.05) is 60.7 Å². The van der Waals surface area contributed by atoms with Crippen LogP contribution in [0.4, 0.5) is 0 Å². The van der Waals surface area contributed by atoms with Gasteiger partial charge in [0, 0.05) is 0 Å². The summed E-state index contributed by atoms with van der Waals surface area (Å²) in [5.41, 5.74) is 11.4. The first-order valence-electron chi connectivity index (χ1n) is 9.69. The van der Waals surface area contributed by atoms with E-state index in [0.717, 1.165) is 12.3 Å². The minimum absolute atomic E-state index is 0.704. The number of hydrogen-bond donors (Lipinski definition) is 0. The minimum Gasteiger partial charge on any atom is -0.137 e. The SMILES string of the molecule is PCc1ccc(-c2ccc(-c3ccc(CP)c4c3CCC4CP)cc2)cc1. The lowest BCUT2D eigenvalue weighted by Gasteiger charge is -2.16. The number of rotatable bonds is 5. The normalized spacial score (nSPS) is 15.7. The predicted octanol–water partition coefficient (Wildman–Crippen LogP) is 6.68. The third-order valence-corrected chi connectivity index (χ3v) is 7.30. The van der Waals surface area contributed by atoms with E-state index in [1.807, 2.05) is 0 Å². The summed E-state index contributed by atoms with van der Waals surface area (Å²) in [6.07, 6.45) is 5.72. The Bertz CT molecular complexity index is 927. The zero-order valence-corrected chi connectivity index (χ0v) is 19.1. The van der Waals surface area contributed by atoms with Gasteiger partial charge in [0.25, 0.3) is 0 Å². The van der Waals surface area contributed by atoms with Crippen molar-refractivity contribution in [1.82, 2.24) is 0 Å². The molecule has 4 unspecified atom stereocenters. The van der Waals surface area contributed by atoms with Crippen molar-refractivity contribution in [2.45, 2.75) is 31.1 Å². The Morgan fingerprint density at radius 1 is 0.704 bits per heavy atom. The van der Waals surface area contributed by atoms with Gasteiger partial charge in [0.2, 0.25) is 0 Å². The van der Waals surface area contributed by atoms with E-state index >= 15 is 0 Å². The fraction of sp³-hybridized carbons (Fsp3) is 0.250. The zero-order valence-electron chi connectivity index (χ0n) is 15.6. The molecule has 138 valence electrons. The highest BCUT2D eigenvalue weighted by Crippen LogP contribution is 2.42. The second-order valence-electron chi connectivity index (χ2n) is 7.32. The van der Waals surface area contributed by atoms with Crippen LogP contribution in [0, 0.1) is 0 Å². The average molecular weight is 408 g/mol. The van der Waals surface area contributed by atoms with Crippen LogP contribution in [0.15, 0.2) is 60.7 Å². The van der Waals surface area contributed by atoms with E-state index < -0.39 is 0 Å². The summed E-state index contributed by atoms with van der Waals surface area (Å²) in [7, 11) is 8.64. The summed E-state index contributed by atoms with van der Waals surface area (Å²) in [5, 5.41) is 0. The Morgan fingerprint density at radius 3 is 1.93 bits per heavy atom. The Hall–Kier alpha value is -1.05. The molecule has 0 amide bonds. The van der Waals surface area contributed by atoms with Crippen LogP contribution < -0.4 is 0 Å². The van der Waals surface area contributed by atoms with Gasteiger partial charge in [-0.25, -0.2) is 0 Å². The van der Waals surface area contributed by atoms with Gasteiger partial charge in [0.05, 0.1) is 0 Å². The fourth-order valence-electron chi connectivity index (χ4n) is 4.31. The van der Waals surface area contributed by atoms with Crippen LogP contribution in [0.3, 0.4) is 0 Å². The third kappa shape index (κ3) is 3.78. The van der Waals surface area contributed by atoms with Crippen molar-refractivity contribution < 1.29 is 0 Å². The highest BCUT2D eigenvalue weighted by atomic mass is 31.0. The molecule has 27 heavy (non-hydrogen) atoms. The summed E-state index contributed by atoms with van der Waals surface area (Å²) < 4.78 is 0. The van der Waals surface area contributed by atoms with Crippen molar-refractivity contribution in [3.05, 3.63) is 82.9 Å². The van der Waals surface area contributed by atoms with Crippen LogP contribution in [0.2, 0.25) is 0 Å². The topological polar surface area (TPSA) is 0 Å². The maximum absolute atomic E-state index is 2.95. The summed E-state index contributed by atoms with van der Waals surface area (Å²) >= 11 is 0. The first kappa shape index (κ1) is 19.3. The Labute approximate surface area is 170 Å². The van der Waals surface area contributed by atoms with E-state index in [1.54, 1.807) is 11.1 Å². The highest BCUT2D eigenvalue weighted by Gasteiger charge is 2.26. The molecule has 0 saturated heterocycles. The molecule has 1 aliphatic rings. The van der Waals surface area contributed by atoms with Crippen LogP contribution in [0.25, 0.3) is 22.3 Å². The molecule has 0 fully saturated rings. The van der Waals surface area contributed by atoms with Crippen molar-refractivity contribution in [3.8, 4) is 22.3 Å². The van der Waals surface area contributed by atoms with Crippen molar-refractivity contribution in [1.29, 1.82) is 0 Å². The molecule has 4 atom stereocenters. The molecule has 3 heteroatoms. The van der Waals surface area contributed by atoms with Gasteiger partial charge in [-0.05, 0) is 81.8 Å². The lowest BCUT2D eigenvalue weighted by Crippen LogP contribution is -2.00. The molecule has 1 aliphatic carbocycles. The van der Waals surface area contributed by atoms with E-state index in [-0.39, 0.29) is 0 Å². The van der Waals surface area contributed by atoms with Gasteiger partial charge in [-0.15, -0.1) is 27.7 Å². The Morgan fingerprint density at radius 2 is 1.33 bits per heavy atom. The number of benzene rings is 3. The molecule has 0 saturated carbocycles. The highest BCUT2D eigenvalue weighted by molar-refractivity contribution is 7.16. The smallest absolute Gasteiger partial charge is 0.0118 e. The van der Waals surface area contributed by atoms with Gasteiger partial charge in [0.15, 0.2) is 0 Å². The molecule has 3 aromatic carbocycles. The molecule has 0 bridgehead atoms. The molecular weight excluding hydrogens is 381 g/mol. The first-order valence-corrected chi connectivity index (χ1v) is 12.1. The Kier molecular flexibility index (Phi) is 6.09. The lowest BCUT2D eigenvalue weighted by molar-refractivity contribution is 0.754. The monoisotopic (exact) mass is 408 g/mol. The van der Waals surface area contributed by atoms with Crippen molar-refractivity contribution in [2.24, 2.45) is 0 Å². The van der Waals surface area contributed by atoms with Crippen LogP contribution in [-0.2, 0) is 18.7 Å². The average Bonchev–Trinajstić information content (AvgIpc) is 3.18. The quantitative estimate of drug-likeness (QED) is 0.413. The van der Waals surface area contributed by atoms with Gasteiger partial charge in [-0.2, -0.15) is 0 Å². The van der Waals surface area contributed by atoms with Crippen LogP contribution >= 0.6 is 27.7 Å². The summed E-state index contributed by atoms with van der Waals surface area (Å²) in [4.78, 5) is 0. The summed E-state index contributed by atoms with van der Waals surface area (Å²) in [6.45, 7) is 0. The van der Waals surface area contributed by atoms with E-state index in [1.165, 1.54) is 52.4 Å². The molecule has 0 nitrogen and oxygen atoms in total. The van der Waals surface area contributed by atoms with Gasteiger partial charge in [0.1, 0.15) is 0 Å². The van der Waals surface area contributed by atoms with Crippen LogP contribution in [0.1, 0.15) is 34.6 Å². The first-order chi connectivity index (χ1) is 13.2. The molecular formula is C24H27P3. The van der Waals surface area contributed by atoms with E-state index in [9.17, 15) is 0 Å². The number of fused-ring (bicyclic) bond motifs is 1. The van der Waals surface area contributed by atoms with Crippen molar-refractivity contribution >= 4 is 27.7 Å². The van der Waals surface area contributed by atoms with Crippen LogP contribution in [0.5, 0.6) is 0 Å². The molecule has 0 radical (unpaired) electrons. The minimum atomic E-state index is 0.704. The summed E-state index contributed by atoms with van der Waals surface area (Å²) in [5.74, 6) is 0.704. The van der Waals surface area contributed by atoms with E-state index in [4.69, 9.17) is 0 Å². The van der Waals surface area contributed by atoms with E-state index in [2.05, 4.69) is 88.4 Å². The fourth-order valence-corrected chi connectivity index (χ4v) is 5.41. The molecule has 3 aromatic rings. The largest absolute Gasteiger partial charge is 0.137 e. The molecule has 0 N–H and O–H groups in total. The van der Waals surface area contributed by atoms with E-state index in [0.29, 0.717) is 5.92 Å². The second-order valence-corrected chi connectivity index (χ2v) is 8.61. The zero-order chi connectivity index (χ0) is 18.8. The molecule has 0 heterocycles. The Balaban J connectivity index is 1.69. The summed E-state index contributed by atoms with van der Waals surface area (Å²) in [6, 6.07) is 22.7. The maximum atomic E-state index is 2.95. The van der Waals surface area contributed by atoms with Gasteiger partial charge >= 0.3 is 0 Å². The molecule has 4 rings (SSSR count). The van der Waals surface area contributed by atoms with Crippen molar-refractivity contribution in [2.75, 3.05) is 6.16 Å². The maximum Gasteiger partial charge on any atom is -0.0118 e. The van der Waals surface area contributed by atoms with Gasteiger partial charge < -0.3 is 0 Å². The third-order valence-electron chi connectivity index (χ3n) is 5.82. The van der Waals surface area contributed by atoms with Crippen molar-refractivity contribution in [3.63, 3.8) is 0 Å². The lowest BCUT2D eigenvalue weighted by atomic mass is 9.91. The second kappa shape index (κ2) is 8.53. The molecule has 0 aromatic heterocycles. The predicted molar refractivity (Wildman–Crippen MR) is 130 cm³/mol. The van der Waals surface area contributed by atoms with Crippen LogP contribution in [-0.4, -0.2) is 6.16 Å². The molecule has 0 spiro atoms.